The third-order valence-electron chi connectivity index (χ3n) is 5.58. The fourth-order valence-electron chi connectivity index (χ4n) is 3.67. The van der Waals surface area contributed by atoms with Crippen molar-refractivity contribution in [2.75, 3.05) is 26.1 Å². The summed E-state index contributed by atoms with van der Waals surface area (Å²) in [6.45, 7) is 2.31. The Kier molecular flexibility index (Phi) is 7.80. The fraction of sp³-hybridized carbons (Fsp3) is 0.375. The summed E-state index contributed by atoms with van der Waals surface area (Å²) in [7, 11) is 3.11. The molecule has 1 heterocycles. The Morgan fingerprint density at radius 3 is 2.38 bits per heavy atom. The summed E-state index contributed by atoms with van der Waals surface area (Å²) in [5.74, 6) is -0.984. The van der Waals surface area contributed by atoms with E-state index >= 15 is 0 Å². The van der Waals surface area contributed by atoms with Gasteiger partial charge in [0, 0.05) is 30.1 Å². The zero-order chi connectivity index (χ0) is 24.9. The van der Waals surface area contributed by atoms with Crippen LogP contribution in [0.25, 0.3) is 0 Å². The van der Waals surface area contributed by atoms with Crippen LogP contribution in [0, 0.1) is 5.92 Å². The second-order valence-corrected chi connectivity index (χ2v) is 7.78. The van der Waals surface area contributed by atoms with Gasteiger partial charge in [-0.2, -0.15) is 18.3 Å². The number of carbonyl (C=O) groups excluding carboxylic acids is 2. The fourth-order valence-corrected chi connectivity index (χ4v) is 3.67. The van der Waals surface area contributed by atoms with Crippen LogP contribution in [0.1, 0.15) is 30.9 Å². The highest BCUT2D eigenvalue weighted by Crippen LogP contribution is 2.31. The highest BCUT2D eigenvalue weighted by atomic mass is 19.4. The van der Waals surface area contributed by atoms with E-state index in [2.05, 4.69) is 5.10 Å². The summed E-state index contributed by atoms with van der Waals surface area (Å²) in [5.41, 5.74) is 2.46. The first kappa shape index (κ1) is 25.1. The number of hydrogen-bond donors (Lipinski definition) is 1. The van der Waals surface area contributed by atoms with Crippen molar-refractivity contribution >= 4 is 23.2 Å². The van der Waals surface area contributed by atoms with Gasteiger partial charge >= 0.3 is 12.1 Å². The molecule has 182 valence electrons. The van der Waals surface area contributed by atoms with Crippen molar-refractivity contribution in [2.45, 2.75) is 32.4 Å². The molecule has 2 aromatic rings. The lowest BCUT2D eigenvalue weighted by molar-refractivity contribution is -0.167. The number of rotatable bonds is 8. The van der Waals surface area contributed by atoms with E-state index in [9.17, 15) is 22.8 Å². The van der Waals surface area contributed by atoms with Crippen LogP contribution in [0.4, 0.5) is 18.9 Å². The zero-order valence-electron chi connectivity index (χ0n) is 19.1. The first-order valence-corrected chi connectivity index (χ1v) is 10.7. The summed E-state index contributed by atoms with van der Waals surface area (Å²) < 4.78 is 47.9. The number of alkyl halides is 3. The number of anilines is 1. The van der Waals surface area contributed by atoms with Crippen molar-refractivity contribution in [1.82, 2.24) is 5.01 Å². The van der Waals surface area contributed by atoms with Crippen LogP contribution in [0.2, 0.25) is 0 Å². The molecule has 0 saturated heterocycles. The molecule has 2 aromatic carbocycles. The minimum Gasteiger partial charge on any atom is -0.493 e. The van der Waals surface area contributed by atoms with Gasteiger partial charge < -0.3 is 14.8 Å². The second kappa shape index (κ2) is 10.6. The molecule has 34 heavy (non-hydrogen) atoms. The monoisotopic (exact) mass is 477 g/mol. The van der Waals surface area contributed by atoms with Crippen molar-refractivity contribution in [1.29, 1.82) is 0 Å². The van der Waals surface area contributed by atoms with Crippen molar-refractivity contribution < 1.29 is 32.2 Å². The van der Waals surface area contributed by atoms with Crippen LogP contribution < -0.4 is 14.8 Å². The van der Waals surface area contributed by atoms with Crippen LogP contribution in [0.15, 0.2) is 47.6 Å². The maximum atomic E-state index is 12.7. The van der Waals surface area contributed by atoms with Crippen molar-refractivity contribution in [2.24, 2.45) is 11.0 Å². The van der Waals surface area contributed by atoms with Gasteiger partial charge in [0.1, 0.15) is 0 Å². The molecular formula is C24H26F3N3O4. The van der Waals surface area contributed by atoms with E-state index in [0.717, 1.165) is 23.3 Å². The smallest absolute Gasteiger partial charge is 0.471 e. The molecule has 0 bridgehead atoms. The molecule has 1 aliphatic heterocycles. The summed E-state index contributed by atoms with van der Waals surface area (Å²) in [5, 5.41) is 7.87. The van der Waals surface area contributed by atoms with Crippen molar-refractivity contribution in [3.63, 3.8) is 0 Å². The molecule has 0 fully saturated rings. The Morgan fingerprint density at radius 1 is 1.12 bits per heavy atom. The molecule has 7 nitrogen and oxygen atoms in total. The third kappa shape index (κ3) is 5.86. The normalized spacial score (nSPS) is 16.2. The number of nitrogens with zero attached hydrogens (tertiary/aromatic N) is 2. The number of hydrogen-bond acceptors (Lipinski definition) is 5. The number of amides is 2. The van der Waals surface area contributed by atoms with E-state index in [1.54, 1.807) is 37.7 Å². The van der Waals surface area contributed by atoms with E-state index in [4.69, 9.17) is 9.47 Å². The van der Waals surface area contributed by atoms with Crippen LogP contribution >= 0.6 is 0 Å². The largest absolute Gasteiger partial charge is 0.493 e. The Morgan fingerprint density at radius 2 is 1.79 bits per heavy atom. The minimum absolute atomic E-state index is 0.0293. The summed E-state index contributed by atoms with van der Waals surface area (Å²) in [4.78, 5) is 23.7. The number of methoxy groups -OCH3 is 2. The molecule has 10 heteroatoms. The van der Waals surface area contributed by atoms with E-state index in [0.29, 0.717) is 30.9 Å². The van der Waals surface area contributed by atoms with Crippen LogP contribution in [-0.2, 0) is 16.0 Å². The Bertz CT molecular complexity index is 1070. The van der Waals surface area contributed by atoms with Crippen LogP contribution in [0.3, 0.4) is 0 Å². The average molecular weight is 477 g/mol. The van der Waals surface area contributed by atoms with Crippen molar-refractivity contribution in [3.05, 3.63) is 53.6 Å². The molecule has 0 aromatic heterocycles. The molecule has 1 atom stereocenters. The molecule has 0 spiro atoms. The average Bonchev–Trinajstić information content (AvgIpc) is 2.82. The molecule has 1 unspecified atom stereocenters. The number of nitrogens with one attached hydrogen (secondary N) is 1. The van der Waals surface area contributed by atoms with E-state index in [1.807, 2.05) is 19.1 Å². The molecule has 0 saturated carbocycles. The van der Waals surface area contributed by atoms with Gasteiger partial charge in [-0.15, -0.1) is 0 Å². The quantitative estimate of drug-likeness (QED) is 0.611. The molecular weight excluding hydrogens is 451 g/mol. The lowest BCUT2D eigenvalue weighted by Crippen LogP contribution is -2.38. The zero-order valence-corrected chi connectivity index (χ0v) is 19.1. The van der Waals surface area contributed by atoms with Crippen LogP contribution in [-0.4, -0.2) is 49.5 Å². The first-order valence-electron chi connectivity index (χ1n) is 10.7. The van der Waals surface area contributed by atoms with Gasteiger partial charge in [-0.25, -0.2) is 5.01 Å². The summed E-state index contributed by atoms with van der Waals surface area (Å²) in [6, 6.07) is 11.5. The molecule has 2 amide bonds. The predicted octanol–water partition coefficient (Wildman–Crippen LogP) is 4.41. The molecule has 3 rings (SSSR count). The van der Waals surface area contributed by atoms with Gasteiger partial charge in [0.2, 0.25) is 5.91 Å². The van der Waals surface area contributed by atoms with Gasteiger partial charge in [0.25, 0.3) is 0 Å². The first-order chi connectivity index (χ1) is 16.2. The highest BCUT2D eigenvalue weighted by molar-refractivity contribution is 6.06. The van der Waals surface area contributed by atoms with Gasteiger partial charge in [0.05, 0.1) is 19.9 Å². The van der Waals surface area contributed by atoms with E-state index in [1.165, 1.54) is 17.1 Å². The molecule has 1 N–H and O–H groups in total. The van der Waals surface area contributed by atoms with E-state index < -0.39 is 12.1 Å². The SMILES string of the molecule is CCC1CC(=O)N(CCc2ccc(NC(=O)C(F)(F)F)cc2)N=C1c1ccc(OC)c(OC)c1. The second-order valence-electron chi connectivity index (χ2n) is 7.78. The van der Waals surface area contributed by atoms with E-state index in [-0.39, 0.29) is 17.5 Å². The highest BCUT2D eigenvalue weighted by Gasteiger charge is 2.38. The number of carbonyl (C=O) groups is 2. The van der Waals surface area contributed by atoms with Gasteiger partial charge in [-0.05, 0) is 48.7 Å². The van der Waals surface area contributed by atoms with Gasteiger partial charge in [-0.1, -0.05) is 19.1 Å². The summed E-state index contributed by atoms with van der Waals surface area (Å²) >= 11 is 0. The number of hydrazone groups is 1. The van der Waals surface area contributed by atoms with Gasteiger partial charge in [0.15, 0.2) is 11.5 Å². The lowest BCUT2D eigenvalue weighted by atomic mass is 9.89. The Balaban J connectivity index is 1.74. The van der Waals surface area contributed by atoms with Crippen LogP contribution in [0.5, 0.6) is 11.5 Å². The summed E-state index contributed by atoms with van der Waals surface area (Å²) in [6.07, 6.45) is -3.43. The van der Waals surface area contributed by atoms with Crippen molar-refractivity contribution in [3.8, 4) is 11.5 Å². The topological polar surface area (TPSA) is 80.2 Å². The number of ether oxygens (including phenoxy) is 2. The standard InChI is InChI=1S/C24H26F3N3O4/c1-4-16-14-21(31)30(29-22(16)17-7-10-19(33-2)20(13-17)34-3)12-11-15-5-8-18(9-6-15)28-23(32)24(25,26)27/h5-10,13,16H,4,11-12,14H2,1-3H3,(H,28,32). The number of benzene rings is 2. The third-order valence-corrected chi connectivity index (χ3v) is 5.58. The maximum absolute atomic E-state index is 12.7. The number of halogens is 3. The Hall–Kier alpha value is -3.56. The molecule has 0 radical (unpaired) electrons. The maximum Gasteiger partial charge on any atom is 0.471 e. The molecule has 1 aliphatic rings. The molecule has 0 aliphatic carbocycles. The van der Waals surface area contributed by atoms with Gasteiger partial charge in [-0.3, -0.25) is 9.59 Å². The predicted molar refractivity (Wildman–Crippen MR) is 121 cm³/mol. The lowest BCUT2D eigenvalue weighted by Gasteiger charge is -2.29. The Labute approximate surface area is 195 Å². The minimum atomic E-state index is -4.95.